The molecule has 0 radical (unpaired) electrons. The smallest absolute Gasteiger partial charge is 0.328 e. The number of nitrogens with zero attached hydrogens (tertiary/aromatic N) is 1. The molecular formula is C15H17NO6. The summed E-state index contributed by atoms with van der Waals surface area (Å²) in [4.78, 5) is 37.2. The zero-order valence-corrected chi connectivity index (χ0v) is 12.3. The van der Waals surface area contributed by atoms with E-state index in [1.165, 1.54) is 4.90 Å². The highest BCUT2D eigenvalue weighted by atomic mass is 16.5. The number of carboxylic acid groups (broad SMARTS) is 1. The Kier molecular flexibility index (Phi) is 3.74. The van der Waals surface area contributed by atoms with Crippen LogP contribution in [-0.4, -0.2) is 53.5 Å². The summed E-state index contributed by atoms with van der Waals surface area (Å²) in [5.74, 6) is -1.00. The number of hydrogen-bond acceptors (Lipinski definition) is 5. The van der Waals surface area contributed by atoms with Gasteiger partial charge in [0.2, 0.25) is 0 Å². The molecule has 2 aliphatic rings. The number of carbonyl (C=O) groups is 3. The lowest BCUT2D eigenvalue weighted by molar-refractivity contribution is -0.147. The molecule has 0 saturated carbocycles. The Hall–Kier alpha value is -2.15. The number of morpholine rings is 1. The van der Waals surface area contributed by atoms with Crippen molar-refractivity contribution in [2.75, 3.05) is 19.8 Å². The van der Waals surface area contributed by atoms with Gasteiger partial charge in [-0.15, -0.1) is 0 Å². The van der Waals surface area contributed by atoms with E-state index in [0.717, 1.165) is 0 Å². The molecule has 1 amide bonds. The summed E-state index contributed by atoms with van der Waals surface area (Å²) in [6, 6.07) is -1.03. The first kappa shape index (κ1) is 14.8. The number of Topliss-reactive ketones (excluding diaryl/α,β-unsaturated/α-hetero) is 1. The lowest BCUT2D eigenvalue weighted by Crippen LogP contribution is -2.52. The molecule has 1 aliphatic heterocycles. The van der Waals surface area contributed by atoms with Crippen molar-refractivity contribution in [1.82, 2.24) is 4.90 Å². The fraction of sp³-hybridized carbons (Fsp3) is 0.533. The van der Waals surface area contributed by atoms with E-state index in [4.69, 9.17) is 9.15 Å². The second-order valence-electron chi connectivity index (χ2n) is 5.56. The molecule has 7 heteroatoms. The molecule has 1 saturated heterocycles. The molecule has 1 atom stereocenters. The van der Waals surface area contributed by atoms with Crippen LogP contribution < -0.4 is 0 Å². The molecule has 1 fully saturated rings. The van der Waals surface area contributed by atoms with Gasteiger partial charge in [-0.05, 0) is 13.3 Å². The van der Waals surface area contributed by atoms with Crippen molar-refractivity contribution in [3.05, 3.63) is 22.6 Å². The van der Waals surface area contributed by atoms with Crippen molar-refractivity contribution < 1.29 is 28.6 Å². The summed E-state index contributed by atoms with van der Waals surface area (Å²) < 4.78 is 10.7. The predicted molar refractivity (Wildman–Crippen MR) is 74.0 cm³/mol. The molecule has 2 heterocycles. The molecular weight excluding hydrogens is 290 g/mol. The van der Waals surface area contributed by atoms with Crippen LogP contribution in [0.25, 0.3) is 0 Å². The van der Waals surface area contributed by atoms with Crippen LogP contribution >= 0.6 is 0 Å². The second kappa shape index (κ2) is 5.57. The van der Waals surface area contributed by atoms with Gasteiger partial charge in [0.1, 0.15) is 5.76 Å². The van der Waals surface area contributed by atoms with Gasteiger partial charge in [0.05, 0.1) is 18.8 Å². The highest BCUT2D eigenvalue weighted by molar-refractivity contribution is 6.04. The Balaban J connectivity index is 1.95. The van der Waals surface area contributed by atoms with Crippen LogP contribution in [0.15, 0.2) is 4.42 Å². The lowest BCUT2D eigenvalue weighted by atomic mass is 9.94. The Labute approximate surface area is 126 Å². The van der Waals surface area contributed by atoms with E-state index in [1.807, 2.05) is 0 Å². The third-order valence-corrected chi connectivity index (χ3v) is 4.17. The number of aryl methyl sites for hydroxylation is 1. The monoisotopic (exact) mass is 307 g/mol. The summed E-state index contributed by atoms with van der Waals surface area (Å²) in [5, 5.41) is 9.22. The Morgan fingerprint density at radius 1 is 1.32 bits per heavy atom. The topological polar surface area (TPSA) is 97.1 Å². The van der Waals surface area contributed by atoms with E-state index in [9.17, 15) is 19.5 Å². The highest BCUT2D eigenvalue weighted by Gasteiger charge is 2.37. The van der Waals surface area contributed by atoms with Crippen LogP contribution in [0.1, 0.15) is 45.1 Å². The minimum atomic E-state index is -1.11. The van der Waals surface area contributed by atoms with Crippen molar-refractivity contribution in [2.24, 2.45) is 0 Å². The molecule has 1 N–H and O–H groups in total. The van der Waals surface area contributed by atoms with Gasteiger partial charge in [0.15, 0.2) is 17.6 Å². The van der Waals surface area contributed by atoms with Gasteiger partial charge in [-0.2, -0.15) is 0 Å². The maximum absolute atomic E-state index is 12.7. The van der Waals surface area contributed by atoms with Gasteiger partial charge in [0, 0.05) is 24.9 Å². The minimum Gasteiger partial charge on any atom is -0.480 e. The van der Waals surface area contributed by atoms with Crippen molar-refractivity contribution in [3.8, 4) is 0 Å². The number of fused-ring (bicyclic) bond motifs is 1. The summed E-state index contributed by atoms with van der Waals surface area (Å²) in [6.07, 6.45) is 1.79. The van der Waals surface area contributed by atoms with E-state index in [-0.39, 0.29) is 31.3 Å². The molecule has 1 aromatic rings. The molecule has 118 valence electrons. The largest absolute Gasteiger partial charge is 0.480 e. The number of furan rings is 1. The molecule has 0 bridgehead atoms. The predicted octanol–water partition coefficient (Wildman–Crippen LogP) is 1.03. The Morgan fingerprint density at radius 2 is 2.09 bits per heavy atom. The van der Waals surface area contributed by atoms with Crippen molar-refractivity contribution in [2.45, 2.75) is 32.2 Å². The van der Waals surface area contributed by atoms with E-state index >= 15 is 0 Å². The maximum Gasteiger partial charge on any atom is 0.328 e. The van der Waals surface area contributed by atoms with Gasteiger partial charge in [-0.3, -0.25) is 9.59 Å². The summed E-state index contributed by atoms with van der Waals surface area (Å²) in [5.41, 5.74) is 1.01. The third kappa shape index (κ3) is 2.31. The number of aliphatic carboxylic acids is 1. The fourth-order valence-electron chi connectivity index (χ4n) is 3.03. The minimum absolute atomic E-state index is 0.0155. The van der Waals surface area contributed by atoms with Gasteiger partial charge in [-0.1, -0.05) is 0 Å². The molecule has 0 spiro atoms. The van der Waals surface area contributed by atoms with Gasteiger partial charge in [0.25, 0.3) is 5.91 Å². The van der Waals surface area contributed by atoms with E-state index in [2.05, 4.69) is 0 Å². The number of rotatable bonds is 2. The van der Waals surface area contributed by atoms with Crippen LogP contribution in [-0.2, 0) is 16.0 Å². The SMILES string of the molecule is Cc1c(C(=O)N2CCOCC2C(=O)O)oc2c1C(=O)CCC2. The molecule has 22 heavy (non-hydrogen) atoms. The first-order chi connectivity index (χ1) is 10.5. The molecule has 0 aromatic carbocycles. The molecule has 1 unspecified atom stereocenters. The average Bonchev–Trinajstić information content (AvgIpc) is 2.85. The van der Waals surface area contributed by atoms with E-state index < -0.39 is 17.9 Å². The number of amides is 1. The van der Waals surface area contributed by atoms with Crippen molar-refractivity contribution >= 4 is 17.7 Å². The van der Waals surface area contributed by atoms with E-state index in [1.54, 1.807) is 6.92 Å². The van der Waals surface area contributed by atoms with Crippen LogP contribution in [0.5, 0.6) is 0 Å². The van der Waals surface area contributed by atoms with Gasteiger partial charge in [-0.25, -0.2) is 4.79 Å². The number of hydrogen-bond donors (Lipinski definition) is 1. The highest BCUT2D eigenvalue weighted by Crippen LogP contribution is 2.30. The average molecular weight is 307 g/mol. The summed E-state index contributed by atoms with van der Waals surface area (Å²) in [7, 11) is 0. The first-order valence-electron chi connectivity index (χ1n) is 7.27. The standard InChI is InChI=1S/C15H17NO6/c1-8-12-10(17)3-2-4-11(12)22-13(8)14(18)16-5-6-21-7-9(16)15(19)20/h9H,2-7H2,1H3,(H,19,20). The van der Waals surface area contributed by atoms with Crippen LogP contribution in [0.4, 0.5) is 0 Å². The quantitative estimate of drug-likeness (QED) is 0.876. The zero-order chi connectivity index (χ0) is 15.9. The summed E-state index contributed by atoms with van der Waals surface area (Å²) in [6.45, 7) is 2.11. The Morgan fingerprint density at radius 3 is 2.77 bits per heavy atom. The zero-order valence-electron chi connectivity index (χ0n) is 12.3. The molecule has 3 rings (SSSR count). The normalized spacial score (nSPS) is 21.6. The fourth-order valence-corrected chi connectivity index (χ4v) is 3.03. The van der Waals surface area contributed by atoms with Crippen molar-refractivity contribution in [1.29, 1.82) is 0 Å². The Bertz CT molecular complexity index is 647. The van der Waals surface area contributed by atoms with Crippen LogP contribution in [0.2, 0.25) is 0 Å². The second-order valence-corrected chi connectivity index (χ2v) is 5.56. The lowest BCUT2D eigenvalue weighted by Gasteiger charge is -2.32. The third-order valence-electron chi connectivity index (χ3n) is 4.17. The first-order valence-corrected chi connectivity index (χ1v) is 7.27. The maximum atomic E-state index is 12.7. The molecule has 1 aromatic heterocycles. The van der Waals surface area contributed by atoms with Gasteiger partial charge >= 0.3 is 5.97 Å². The van der Waals surface area contributed by atoms with Crippen molar-refractivity contribution in [3.63, 3.8) is 0 Å². The van der Waals surface area contributed by atoms with Crippen LogP contribution in [0, 0.1) is 6.92 Å². The number of ketones is 1. The summed E-state index contributed by atoms with van der Waals surface area (Å²) >= 11 is 0. The number of carboxylic acids is 1. The molecule has 7 nitrogen and oxygen atoms in total. The van der Waals surface area contributed by atoms with E-state index in [0.29, 0.717) is 36.1 Å². The van der Waals surface area contributed by atoms with Gasteiger partial charge < -0.3 is 19.2 Å². The molecule has 1 aliphatic carbocycles. The number of ether oxygens (including phenoxy) is 1. The van der Waals surface area contributed by atoms with Crippen LogP contribution in [0.3, 0.4) is 0 Å². The number of carbonyl (C=O) groups excluding carboxylic acids is 2.